The van der Waals surface area contributed by atoms with E-state index in [0.29, 0.717) is 14.7 Å². The zero-order valence-electron chi connectivity index (χ0n) is 22.9. The normalized spacial score (nSPS) is 13.6. The Morgan fingerprint density at radius 3 is 2.37 bits per heavy atom. The number of rotatable bonds is 10. The topological polar surface area (TPSA) is 170 Å². The van der Waals surface area contributed by atoms with Crippen molar-refractivity contribution in [3.05, 3.63) is 61.8 Å². The molecule has 0 aliphatic heterocycles. The van der Waals surface area contributed by atoms with Gasteiger partial charge in [0.2, 0.25) is 11.8 Å². The molecule has 0 radical (unpaired) electrons. The molecule has 0 saturated carbocycles. The van der Waals surface area contributed by atoms with E-state index in [-0.39, 0.29) is 18.6 Å². The predicted molar refractivity (Wildman–Crippen MR) is 165 cm³/mol. The second-order valence-electron chi connectivity index (χ2n) is 10.5. The molecule has 0 spiro atoms. The van der Waals surface area contributed by atoms with Crippen LogP contribution < -0.4 is 16.0 Å². The van der Waals surface area contributed by atoms with Crippen LogP contribution in [0.1, 0.15) is 38.8 Å². The van der Waals surface area contributed by atoms with E-state index in [1.807, 2.05) is 40.8 Å². The molecule has 0 fully saturated rings. The van der Waals surface area contributed by atoms with Crippen molar-refractivity contribution < 1.29 is 34.1 Å². The average Bonchev–Trinajstić information content (AvgIpc) is 3.28. The molecule has 220 valence electrons. The van der Waals surface area contributed by atoms with Crippen LogP contribution in [0, 0.1) is 3.57 Å². The van der Waals surface area contributed by atoms with Crippen LogP contribution in [0.25, 0.3) is 10.9 Å². The highest BCUT2D eigenvalue weighted by Crippen LogP contribution is 2.26. The van der Waals surface area contributed by atoms with Crippen LogP contribution in [0.15, 0.2) is 47.1 Å². The Balaban J connectivity index is 1.71. The largest absolute Gasteiger partial charge is 0.507 e. The van der Waals surface area contributed by atoms with Crippen molar-refractivity contribution in [3.63, 3.8) is 0 Å². The highest BCUT2D eigenvalue weighted by molar-refractivity contribution is 14.1. The summed E-state index contributed by atoms with van der Waals surface area (Å²) >= 11 is 5.40. The molecule has 0 aliphatic rings. The van der Waals surface area contributed by atoms with Gasteiger partial charge < -0.3 is 35.9 Å². The molecule has 3 atom stereocenters. The lowest BCUT2D eigenvalue weighted by atomic mass is 10.0. The number of phenols is 1. The first kappa shape index (κ1) is 32.2. The quantitative estimate of drug-likeness (QED) is 0.171. The van der Waals surface area contributed by atoms with Crippen molar-refractivity contribution in [1.82, 2.24) is 20.9 Å². The van der Waals surface area contributed by atoms with Gasteiger partial charge in [-0.25, -0.2) is 9.59 Å². The second kappa shape index (κ2) is 13.6. The van der Waals surface area contributed by atoms with Crippen LogP contribution in [-0.2, 0) is 32.0 Å². The summed E-state index contributed by atoms with van der Waals surface area (Å²) in [6.45, 7) is 6.47. The average molecular weight is 743 g/mol. The van der Waals surface area contributed by atoms with Gasteiger partial charge in [0.1, 0.15) is 29.5 Å². The van der Waals surface area contributed by atoms with Gasteiger partial charge in [0, 0.05) is 28.9 Å². The van der Waals surface area contributed by atoms with E-state index < -0.39 is 47.6 Å². The van der Waals surface area contributed by atoms with Crippen molar-refractivity contribution in [2.45, 2.75) is 64.3 Å². The Hall–Kier alpha value is -3.33. The number of carboxylic acid groups (broad SMARTS) is 1. The highest BCUT2D eigenvalue weighted by Gasteiger charge is 2.29. The SMILES string of the molecule is C[C@H](NC(=O)[C@H](Cc1ccc(O)c(I)c1)NC(=O)OC(C)(C)C)C(=O)N[C@@H](Cc1c[nH]c2c(Br)cccc12)C(=O)O. The van der Waals surface area contributed by atoms with Crippen LogP contribution in [0.3, 0.4) is 0 Å². The van der Waals surface area contributed by atoms with Gasteiger partial charge in [-0.2, -0.15) is 0 Å². The van der Waals surface area contributed by atoms with E-state index in [2.05, 4.69) is 36.9 Å². The van der Waals surface area contributed by atoms with Crippen LogP contribution >= 0.6 is 38.5 Å². The number of carbonyl (C=O) groups is 4. The summed E-state index contributed by atoms with van der Waals surface area (Å²) in [4.78, 5) is 53.8. The maximum Gasteiger partial charge on any atom is 0.408 e. The number of fused-ring (bicyclic) bond motifs is 1. The minimum Gasteiger partial charge on any atom is -0.507 e. The van der Waals surface area contributed by atoms with Gasteiger partial charge in [0.25, 0.3) is 0 Å². The number of alkyl carbamates (subject to hydrolysis) is 1. The van der Waals surface area contributed by atoms with Crippen molar-refractivity contribution >= 4 is 73.3 Å². The van der Waals surface area contributed by atoms with E-state index in [1.54, 1.807) is 39.1 Å². The summed E-state index contributed by atoms with van der Waals surface area (Å²) in [7, 11) is 0. The Labute approximate surface area is 259 Å². The van der Waals surface area contributed by atoms with Crippen molar-refractivity contribution in [3.8, 4) is 5.75 Å². The molecule has 1 heterocycles. The van der Waals surface area contributed by atoms with E-state index in [0.717, 1.165) is 15.4 Å². The van der Waals surface area contributed by atoms with Crippen LogP contribution in [0.2, 0.25) is 0 Å². The van der Waals surface area contributed by atoms with Gasteiger partial charge in [-0.1, -0.05) is 18.2 Å². The number of benzene rings is 2. The summed E-state index contributed by atoms with van der Waals surface area (Å²) in [5.74, 6) is -2.53. The maximum atomic E-state index is 13.2. The van der Waals surface area contributed by atoms with Crippen LogP contribution in [0.4, 0.5) is 4.79 Å². The maximum absolute atomic E-state index is 13.2. The van der Waals surface area contributed by atoms with Gasteiger partial charge in [0.15, 0.2) is 0 Å². The fraction of sp³-hybridized carbons (Fsp3) is 0.357. The number of aromatic hydroxyl groups is 1. The summed E-state index contributed by atoms with van der Waals surface area (Å²) in [6, 6.07) is 6.80. The molecule has 6 N–H and O–H groups in total. The van der Waals surface area contributed by atoms with Gasteiger partial charge in [0.05, 0.1) is 9.09 Å². The molecule has 0 saturated heterocycles. The number of aromatic nitrogens is 1. The summed E-state index contributed by atoms with van der Waals surface area (Å²) in [6.07, 6.45) is 0.934. The standard InChI is InChI=1S/C28H32BrIN4O7/c1-14(24(36)33-21(26(38)39)12-16-13-31-23-17(16)6-5-7-18(23)29)32-25(37)20(34-27(40)41-28(2,3)4)11-15-8-9-22(35)19(30)10-15/h5-10,13-14,20-21,31,35H,11-12H2,1-4H3,(H,32,37)(H,33,36)(H,34,40)(H,38,39)/t14-,20-,21-/m0/s1. The van der Waals surface area contributed by atoms with Crippen molar-refractivity contribution in [2.75, 3.05) is 0 Å². The number of aromatic amines is 1. The molecule has 0 unspecified atom stereocenters. The van der Waals surface area contributed by atoms with Gasteiger partial charge in [-0.15, -0.1) is 0 Å². The third-order valence-corrected chi connectivity index (χ3v) is 7.53. The summed E-state index contributed by atoms with van der Waals surface area (Å²) < 4.78 is 6.68. The van der Waals surface area contributed by atoms with Crippen molar-refractivity contribution in [1.29, 1.82) is 0 Å². The van der Waals surface area contributed by atoms with E-state index in [9.17, 15) is 29.4 Å². The number of para-hydroxylation sites is 1. The molecular weight excluding hydrogens is 711 g/mol. The number of phenolic OH excluding ortho intramolecular Hbond substituents is 1. The number of amides is 3. The molecule has 3 amide bonds. The Kier molecular flexibility index (Phi) is 10.6. The molecule has 0 bridgehead atoms. The number of aliphatic carboxylic acids is 1. The zero-order chi connectivity index (χ0) is 30.5. The van der Waals surface area contributed by atoms with E-state index >= 15 is 0 Å². The Morgan fingerprint density at radius 2 is 1.73 bits per heavy atom. The number of H-pyrrole nitrogens is 1. The first-order chi connectivity index (χ1) is 19.1. The fourth-order valence-corrected chi connectivity index (χ4v) is 5.07. The third kappa shape index (κ3) is 9.08. The van der Waals surface area contributed by atoms with Gasteiger partial charge in [-0.3, -0.25) is 9.59 Å². The van der Waals surface area contributed by atoms with Crippen LogP contribution in [0.5, 0.6) is 5.75 Å². The first-order valence-corrected chi connectivity index (χ1v) is 14.6. The molecule has 0 aliphatic carbocycles. The molecule has 2 aromatic carbocycles. The molecule has 11 nitrogen and oxygen atoms in total. The monoisotopic (exact) mass is 742 g/mol. The molecular formula is C28H32BrIN4O7. The lowest BCUT2D eigenvalue weighted by molar-refractivity contribution is -0.142. The molecule has 3 aromatic rings. The number of halogens is 2. The lowest BCUT2D eigenvalue weighted by Gasteiger charge is -2.25. The molecule has 41 heavy (non-hydrogen) atoms. The van der Waals surface area contributed by atoms with Crippen molar-refractivity contribution in [2.24, 2.45) is 0 Å². The second-order valence-corrected chi connectivity index (χ2v) is 12.5. The van der Waals surface area contributed by atoms with Gasteiger partial charge >= 0.3 is 12.1 Å². The highest BCUT2D eigenvalue weighted by atomic mass is 127. The number of nitrogens with one attached hydrogen (secondary N) is 4. The van der Waals surface area contributed by atoms with E-state index in [1.165, 1.54) is 13.0 Å². The Morgan fingerprint density at radius 1 is 1.02 bits per heavy atom. The number of carbonyl (C=O) groups excluding carboxylic acids is 3. The third-order valence-electron chi connectivity index (χ3n) is 6.00. The minimum atomic E-state index is -1.26. The lowest BCUT2D eigenvalue weighted by Crippen LogP contribution is -2.55. The number of carboxylic acids is 1. The number of ether oxygens (including phenoxy) is 1. The predicted octanol–water partition coefficient (Wildman–Crippen LogP) is 3.99. The molecule has 13 heteroatoms. The Bertz CT molecular complexity index is 1450. The number of hydrogen-bond acceptors (Lipinski definition) is 6. The first-order valence-electron chi connectivity index (χ1n) is 12.7. The summed E-state index contributed by atoms with van der Waals surface area (Å²) in [5.41, 5.74) is 1.36. The van der Waals surface area contributed by atoms with Crippen LogP contribution in [-0.4, -0.2) is 62.8 Å². The number of hydrogen-bond donors (Lipinski definition) is 6. The van der Waals surface area contributed by atoms with E-state index in [4.69, 9.17) is 4.74 Å². The molecule has 3 rings (SSSR count). The summed E-state index contributed by atoms with van der Waals surface area (Å²) in [5, 5.41) is 28.0. The smallest absolute Gasteiger partial charge is 0.408 e. The molecule has 1 aromatic heterocycles. The minimum absolute atomic E-state index is 0.0144. The fourth-order valence-electron chi connectivity index (χ4n) is 4.01. The zero-order valence-corrected chi connectivity index (χ0v) is 26.6. The van der Waals surface area contributed by atoms with Gasteiger partial charge in [-0.05, 0) is 95.5 Å².